The van der Waals surface area contributed by atoms with Gasteiger partial charge in [-0.1, -0.05) is 44.2 Å². The molecule has 1 N–H and O–H groups in total. The molecule has 1 heterocycles. The van der Waals surface area contributed by atoms with Gasteiger partial charge < -0.3 is 5.32 Å². The predicted molar refractivity (Wildman–Crippen MR) is 81.5 cm³/mol. The topological polar surface area (TPSA) is 70.0 Å². The van der Waals surface area contributed by atoms with Crippen LogP contribution >= 0.6 is 0 Å². The molecule has 22 heavy (non-hydrogen) atoms. The number of benzene rings is 1. The summed E-state index contributed by atoms with van der Waals surface area (Å²) in [5.41, 5.74) is 2.01. The van der Waals surface area contributed by atoms with Crippen molar-refractivity contribution < 1.29 is 9.59 Å². The zero-order valence-corrected chi connectivity index (χ0v) is 12.7. The minimum absolute atomic E-state index is 0.0420. The monoisotopic (exact) mass is 294 g/mol. The summed E-state index contributed by atoms with van der Waals surface area (Å²) in [6.45, 7) is 4.05. The zero-order valence-electron chi connectivity index (χ0n) is 12.7. The molecule has 0 bridgehead atoms. The Balaban J connectivity index is 2.17. The van der Waals surface area contributed by atoms with Crippen molar-refractivity contribution >= 4 is 11.7 Å². The normalized spacial score (nSPS) is 27.0. The molecule has 2 atom stereocenters. The van der Waals surface area contributed by atoms with Crippen LogP contribution in [0, 0.1) is 22.7 Å². The largest absolute Gasteiger partial charge is 0.328 e. The SMILES string of the molecule is CC1(C)CC(=O)C2=C(C1)NC(=O)[C@@H](C#N)[C@@H]2c1ccccc1. The minimum atomic E-state index is -0.855. The average Bonchev–Trinajstić information content (AvgIpc) is 2.45. The van der Waals surface area contributed by atoms with Crippen molar-refractivity contribution in [3.63, 3.8) is 0 Å². The van der Waals surface area contributed by atoms with Crippen molar-refractivity contribution in [3.05, 3.63) is 47.2 Å². The molecule has 0 radical (unpaired) electrons. The molecule has 1 aromatic carbocycles. The van der Waals surface area contributed by atoms with Crippen molar-refractivity contribution in [3.8, 4) is 6.07 Å². The van der Waals surface area contributed by atoms with E-state index in [0.29, 0.717) is 24.1 Å². The van der Waals surface area contributed by atoms with Crippen LogP contribution < -0.4 is 5.32 Å². The number of Topliss-reactive ketones (excluding diaryl/α,β-unsaturated/α-hetero) is 1. The summed E-state index contributed by atoms with van der Waals surface area (Å²) in [5, 5.41) is 12.2. The van der Waals surface area contributed by atoms with Gasteiger partial charge in [0.15, 0.2) is 5.78 Å². The first-order chi connectivity index (χ1) is 10.4. The number of hydrogen-bond acceptors (Lipinski definition) is 3. The number of nitriles is 1. The number of ketones is 1. The lowest BCUT2D eigenvalue weighted by Crippen LogP contribution is -2.45. The van der Waals surface area contributed by atoms with Gasteiger partial charge in [-0.2, -0.15) is 5.26 Å². The molecule has 0 fully saturated rings. The highest BCUT2D eigenvalue weighted by Gasteiger charge is 2.45. The Hall–Kier alpha value is -2.41. The van der Waals surface area contributed by atoms with Crippen molar-refractivity contribution in [1.82, 2.24) is 5.32 Å². The van der Waals surface area contributed by atoms with E-state index in [1.165, 1.54) is 0 Å². The first-order valence-corrected chi connectivity index (χ1v) is 7.44. The van der Waals surface area contributed by atoms with Gasteiger partial charge in [0.1, 0.15) is 5.92 Å². The molecule has 0 saturated heterocycles. The number of hydrogen-bond donors (Lipinski definition) is 1. The second-order valence-corrected chi connectivity index (χ2v) is 6.82. The zero-order chi connectivity index (χ0) is 15.9. The van der Waals surface area contributed by atoms with Crippen LogP contribution in [0.15, 0.2) is 41.6 Å². The molecule has 3 rings (SSSR count). The van der Waals surface area contributed by atoms with Gasteiger partial charge in [0.2, 0.25) is 5.91 Å². The third-order valence-electron chi connectivity index (χ3n) is 4.42. The van der Waals surface area contributed by atoms with E-state index in [0.717, 1.165) is 5.56 Å². The summed E-state index contributed by atoms with van der Waals surface area (Å²) in [4.78, 5) is 25.0. The van der Waals surface area contributed by atoms with E-state index in [1.54, 1.807) is 0 Å². The maximum Gasteiger partial charge on any atom is 0.242 e. The summed E-state index contributed by atoms with van der Waals surface area (Å²) in [5.74, 6) is -1.58. The Morgan fingerprint density at radius 3 is 2.50 bits per heavy atom. The fraction of sp³-hybridized carbons (Fsp3) is 0.389. The Morgan fingerprint density at radius 2 is 1.86 bits per heavy atom. The van der Waals surface area contributed by atoms with Crippen LogP contribution in [0.4, 0.5) is 0 Å². The van der Waals surface area contributed by atoms with Crippen LogP contribution in [-0.2, 0) is 9.59 Å². The Labute approximate surface area is 129 Å². The Morgan fingerprint density at radius 1 is 1.18 bits per heavy atom. The minimum Gasteiger partial charge on any atom is -0.328 e. The molecular formula is C18H18N2O2. The van der Waals surface area contributed by atoms with E-state index >= 15 is 0 Å². The van der Waals surface area contributed by atoms with E-state index in [2.05, 4.69) is 11.4 Å². The maximum absolute atomic E-state index is 12.7. The van der Waals surface area contributed by atoms with Gasteiger partial charge in [0, 0.05) is 23.6 Å². The van der Waals surface area contributed by atoms with Crippen LogP contribution in [0.2, 0.25) is 0 Å². The molecule has 0 unspecified atom stereocenters. The third-order valence-corrected chi connectivity index (χ3v) is 4.42. The van der Waals surface area contributed by atoms with E-state index < -0.39 is 11.8 Å². The molecule has 2 aliphatic rings. The van der Waals surface area contributed by atoms with Crippen molar-refractivity contribution in [2.45, 2.75) is 32.6 Å². The molecule has 112 valence electrons. The quantitative estimate of drug-likeness (QED) is 0.865. The van der Waals surface area contributed by atoms with Crippen LogP contribution in [0.25, 0.3) is 0 Å². The molecule has 4 heteroatoms. The van der Waals surface area contributed by atoms with E-state index in [1.807, 2.05) is 44.2 Å². The fourth-order valence-corrected chi connectivity index (χ4v) is 3.50. The third kappa shape index (κ3) is 2.33. The van der Waals surface area contributed by atoms with Crippen LogP contribution in [0.3, 0.4) is 0 Å². The number of nitrogens with zero attached hydrogens (tertiary/aromatic N) is 1. The first kappa shape index (κ1) is 14.5. The summed E-state index contributed by atoms with van der Waals surface area (Å²) in [6.07, 6.45) is 1.10. The Kier molecular flexibility index (Phi) is 3.37. The molecule has 0 saturated carbocycles. The molecule has 0 spiro atoms. The van der Waals surface area contributed by atoms with Gasteiger partial charge in [0.05, 0.1) is 6.07 Å². The molecule has 1 amide bonds. The molecular weight excluding hydrogens is 276 g/mol. The van der Waals surface area contributed by atoms with Gasteiger partial charge in [-0.25, -0.2) is 0 Å². The van der Waals surface area contributed by atoms with Gasteiger partial charge in [-0.15, -0.1) is 0 Å². The first-order valence-electron chi connectivity index (χ1n) is 7.44. The summed E-state index contributed by atoms with van der Waals surface area (Å²) >= 11 is 0. The fourth-order valence-electron chi connectivity index (χ4n) is 3.50. The molecule has 0 aromatic heterocycles. The molecule has 1 aliphatic heterocycles. The number of amides is 1. The van der Waals surface area contributed by atoms with Crippen molar-refractivity contribution in [2.75, 3.05) is 0 Å². The second-order valence-electron chi connectivity index (χ2n) is 6.82. The summed E-state index contributed by atoms with van der Waals surface area (Å²) in [7, 11) is 0. The summed E-state index contributed by atoms with van der Waals surface area (Å²) in [6, 6.07) is 11.5. The maximum atomic E-state index is 12.7. The predicted octanol–water partition coefficient (Wildman–Crippen LogP) is 2.68. The van der Waals surface area contributed by atoms with Crippen molar-refractivity contribution in [1.29, 1.82) is 5.26 Å². The number of rotatable bonds is 1. The van der Waals surface area contributed by atoms with Gasteiger partial charge >= 0.3 is 0 Å². The highest BCUT2D eigenvalue weighted by atomic mass is 16.2. The lowest BCUT2D eigenvalue weighted by molar-refractivity contribution is -0.125. The average molecular weight is 294 g/mol. The lowest BCUT2D eigenvalue weighted by atomic mass is 9.67. The number of carbonyl (C=O) groups excluding carboxylic acids is 2. The van der Waals surface area contributed by atoms with Crippen LogP contribution in [0.1, 0.15) is 38.2 Å². The number of carbonyl (C=O) groups is 2. The number of nitrogens with one attached hydrogen (secondary N) is 1. The van der Waals surface area contributed by atoms with Gasteiger partial charge in [-0.3, -0.25) is 9.59 Å². The van der Waals surface area contributed by atoms with Crippen molar-refractivity contribution in [2.24, 2.45) is 11.3 Å². The highest BCUT2D eigenvalue weighted by Crippen LogP contribution is 2.45. The molecule has 1 aliphatic carbocycles. The van der Waals surface area contributed by atoms with E-state index in [-0.39, 0.29) is 17.1 Å². The summed E-state index contributed by atoms with van der Waals surface area (Å²) < 4.78 is 0. The number of allylic oxidation sites excluding steroid dienone is 2. The second kappa shape index (κ2) is 5.10. The highest BCUT2D eigenvalue weighted by molar-refractivity contribution is 6.03. The van der Waals surface area contributed by atoms with Gasteiger partial charge in [0.25, 0.3) is 0 Å². The van der Waals surface area contributed by atoms with E-state index in [9.17, 15) is 14.9 Å². The molecule has 4 nitrogen and oxygen atoms in total. The standard InChI is InChI=1S/C18H18N2O2/c1-18(2)8-13-16(14(21)9-18)15(11-6-4-3-5-7-11)12(10-19)17(22)20-13/h3-7,12,15H,8-9H2,1-2H3,(H,20,22)/t12-,15-/m0/s1. The van der Waals surface area contributed by atoms with Crippen LogP contribution in [0.5, 0.6) is 0 Å². The molecule has 1 aromatic rings. The lowest BCUT2D eigenvalue weighted by Gasteiger charge is -2.39. The van der Waals surface area contributed by atoms with E-state index in [4.69, 9.17) is 0 Å². The van der Waals surface area contributed by atoms with Gasteiger partial charge in [-0.05, 0) is 17.4 Å². The Bertz CT molecular complexity index is 710. The smallest absolute Gasteiger partial charge is 0.242 e. The van der Waals surface area contributed by atoms with Crippen LogP contribution in [-0.4, -0.2) is 11.7 Å².